The molecule has 3 nitrogen and oxygen atoms in total. The van der Waals surface area contributed by atoms with Gasteiger partial charge in [0.15, 0.2) is 12.4 Å². The Labute approximate surface area is 131 Å². The highest BCUT2D eigenvalue weighted by atomic mass is 32.2. The van der Waals surface area contributed by atoms with Crippen molar-refractivity contribution in [2.45, 2.75) is 11.4 Å². The number of nitrogens with zero attached hydrogens (tertiary/aromatic N) is 1. The lowest BCUT2D eigenvalue weighted by Gasteiger charge is -2.01. The van der Waals surface area contributed by atoms with E-state index < -0.39 is 10.8 Å². The zero-order valence-corrected chi connectivity index (χ0v) is 13.0. The summed E-state index contributed by atoms with van der Waals surface area (Å²) in [6.07, 6.45) is 5.51. The molecule has 0 saturated heterocycles. The summed E-state index contributed by atoms with van der Waals surface area (Å²) in [6.45, 7) is 0.291. The van der Waals surface area contributed by atoms with Gasteiger partial charge in [-0.05, 0) is 35.7 Å². The van der Waals surface area contributed by atoms with Crippen LogP contribution in [0.3, 0.4) is 0 Å². The van der Waals surface area contributed by atoms with Crippen molar-refractivity contribution >= 4 is 27.4 Å². The maximum Gasteiger partial charge on any atom is 0.227 e. The van der Waals surface area contributed by atoms with Crippen LogP contribution in [-0.2, 0) is 17.3 Å². The Morgan fingerprint density at radius 3 is 2.36 bits per heavy atom. The zero-order chi connectivity index (χ0) is 15.5. The molecular formula is C18H16NO2S+. The lowest BCUT2D eigenvalue weighted by Crippen LogP contribution is -2.37. The third-order valence-electron chi connectivity index (χ3n) is 3.58. The third kappa shape index (κ3) is 3.12. The molecule has 3 rings (SSSR count). The lowest BCUT2D eigenvalue weighted by atomic mass is 10.1. The summed E-state index contributed by atoms with van der Waals surface area (Å²) in [5.74, 6) is 0.0358. The molecule has 0 aliphatic carbocycles. The van der Waals surface area contributed by atoms with Gasteiger partial charge < -0.3 is 0 Å². The van der Waals surface area contributed by atoms with Crippen LogP contribution in [0.1, 0.15) is 10.4 Å². The van der Waals surface area contributed by atoms with Crippen molar-refractivity contribution in [2.75, 3.05) is 6.26 Å². The molecule has 0 aliphatic heterocycles. The molecule has 0 N–H and O–H groups in total. The maximum atomic E-state index is 12.3. The van der Waals surface area contributed by atoms with Gasteiger partial charge in [-0.3, -0.25) is 9.00 Å². The van der Waals surface area contributed by atoms with E-state index >= 15 is 0 Å². The fourth-order valence-corrected chi connectivity index (χ4v) is 2.89. The number of carbonyl (C=O) groups excluding carboxylic acids is 1. The molecule has 1 aromatic heterocycles. The summed E-state index contributed by atoms with van der Waals surface area (Å²) in [4.78, 5) is 13.1. The smallest absolute Gasteiger partial charge is 0.227 e. The molecule has 0 aliphatic rings. The van der Waals surface area contributed by atoms with E-state index in [0.717, 1.165) is 15.7 Å². The number of ketones is 1. The molecule has 0 radical (unpaired) electrons. The number of pyridine rings is 1. The van der Waals surface area contributed by atoms with Crippen molar-refractivity contribution in [2.24, 2.45) is 0 Å². The number of carbonyl (C=O) groups is 1. The Balaban J connectivity index is 1.81. The van der Waals surface area contributed by atoms with Crippen molar-refractivity contribution in [3.8, 4) is 0 Å². The quantitative estimate of drug-likeness (QED) is 0.549. The Morgan fingerprint density at radius 2 is 1.68 bits per heavy atom. The Morgan fingerprint density at radius 1 is 1.00 bits per heavy atom. The molecule has 0 amide bonds. The van der Waals surface area contributed by atoms with Crippen molar-refractivity contribution < 1.29 is 13.6 Å². The first-order valence-corrected chi connectivity index (χ1v) is 8.54. The van der Waals surface area contributed by atoms with Gasteiger partial charge in [-0.1, -0.05) is 18.2 Å². The SMILES string of the molecule is CS(=O)c1ccc(C(=O)C[n+]2ccc3ccccc3c2)cc1. The number of Topliss-reactive ketones (excluding diaryl/α,β-unsaturated/α-hetero) is 1. The standard InChI is InChI=1S/C18H16NO2S/c1-22(21)17-8-6-15(7-9-17)18(20)13-19-11-10-14-4-2-3-5-16(14)12-19/h2-12H,13H2,1H3/q+1. The molecule has 3 aromatic rings. The number of hydrogen-bond acceptors (Lipinski definition) is 2. The van der Waals surface area contributed by atoms with Crippen LogP contribution in [0.15, 0.2) is 71.9 Å². The average Bonchev–Trinajstić information content (AvgIpc) is 2.55. The Hall–Kier alpha value is -2.33. The molecule has 1 atom stereocenters. The van der Waals surface area contributed by atoms with E-state index in [-0.39, 0.29) is 5.78 Å². The maximum absolute atomic E-state index is 12.3. The van der Waals surface area contributed by atoms with Crippen LogP contribution < -0.4 is 4.57 Å². The first-order chi connectivity index (χ1) is 10.6. The second-order valence-corrected chi connectivity index (χ2v) is 6.53. The lowest BCUT2D eigenvalue weighted by molar-refractivity contribution is -0.681. The number of benzene rings is 2. The monoisotopic (exact) mass is 310 g/mol. The van der Waals surface area contributed by atoms with Gasteiger partial charge in [-0.15, -0.1) is 0 Å². The van der Waals surface area contributed by atoms with Crippen LogP contribution in [0, 0.1) is 0 Å². The Kier molecular flexibility index (Phi) is 4.11. The molecule has 4 heteroatoms. The largest absolute Gasteiger partial charge is 0.287 e. The second-order valence-electron chi connectivity index (χ2n) is 5.15. The molecule has 0 fully saturated rings. The van der Waals surface area contributed by atoms with Gasteiger partial charge in [-0.25, -0.2) is 0 Å². The van der Waals surface area contributed by atoms with E-state index in [1.165, 1.54) is 0 Å². The molecule has 0 bridgehead atoms. The number of fused-ring (bicyclic) bond motifs is 1. The average molecular weight is 310 g/mol. The molecule has 2 aromatic carbocycles. The minimum atomic E-state index is -1.02. The summed E-state index contributed by atoms with van der Waals surface area (Å²) in [6, 6.07) is 17.0. The highest BCUT2D eigenvalue weighted by Crippen LogP contribution is 2.11. The van der Waals surface area contributed by atoms with Crippen LogP contribution >= 0.6 is 0 Å². The van der Waals surface area contributed by atoms with Gasteiger partial charge >= 0.3 is 0 Å². The van der Waals surface area contributed by atoms with Crippen molar-refractivity contribution in [3.63, 3.8) is 0 Å². The molecule has 0 spiro atoms. The van der Waals surface area contributed by atoms with E-state index in [2.05, 4.69) is 0 Å². The summed E-state index contributed by atoms with van der Waals surface area (Å²) in [5.41, 5.74) is 0.634. The fraction of sp³-hybridized carbons (Fsp3) is 0.111. The first-order valence-electron chi connectivity index (χ1n) is 6.98. The minimum Gasteiger partial charge on any atom is -0.287 e. The molecular weight excluding hydrogens is 294 g/mol. The molecule has 1 heterocycles. The number of rotatable bonds is 4. The van der Waals surface area contributed by atoms with E-state index in [4.69, 9.17) is 0 Å². The normalized spacial score (nSPS) is 12.2. The third-order valence-corrected chi connectivity index (χ3v) is 4.52. The van der Waals surface area contributed by atoms with Crippen LogP contribution in [0.4, 0.5) is 0 Å². The van der Waals surface area contributed by atoms with Gasteiger partial charge in [0, 0.05) is 39.0 Å². The summed E-state index contributed by atoms with van der Waals surface area (Å²) in [7, 11) is -1.02. The highest BCUT2D eigenvalue weighted by molar-refractivity contribution is 7.84. The summed E-state index contributed by atoms with van der Waals surface area (Å²) >= 11 is 0. The topological polar surface area (TPSA) is 38.0 Å². The molecule has 0 saturated carbocycles. The number of aromatic nitrogens is 1. The van der Waals surface area contributed by atoms with E-state index in [9.17, 15) is 9.00 Å². The van der Waals surface area contributed by atoms with Gasteiger partial charge in [-0.2, -0.15) is 4.57 Å². The van der Waals surface area contributed by atoms with Crippen molar-refractivity contribution in [1.29, 1.82) is 0 Å². The van der Waals surface area contributed by atoms with E-state index in [1.807, 2.05) is 47.3 Å². The van der Waals surface area contributed by atoms with Gasteiger partial charge in [0.05, 0.1) is 0 Å². The molecule has 1 unspecified atom stereocenters. The number of hydrogen-bond donors (Lipinski definition) is 0. The van der Waals surface area contributed by atoms with E-state index in [0.29, 0.717) is 12.1 Å². The second kappa shape index (κ2) is 6.20. The van der Waals surface area contributed by atoms with Gasteiger partial charge in [0.1, 0.15) is 0 Å². The summed E-state index contributed by atoms with van der Waals surface area (Å²) in [5, 5.41) is 2.26. The van der Waals surface area contributed by atoms with E-state index in [1.54, 1.807) is 30.5 Å². The van der Waals surface area contributed by atoms with Crippen molar-refractivity contribution in [1.82, 2.24) is 0 Å². The van der Waals surface area contributed by atoms with Crippen LogP contribution in [0.25, 0.3) is 10.8 Å². The highest BCUT2D eigenvalue weighted by Gasteiger charge is 2.13. The molecule has 22 heavy (non-hydrogen) atoms. The predicted octanol–water partition coefficient (Wildman–Crippen LogP) is 2.75. The fourth-order valence-electron chi connectivity index (χ4n) is 2.37. The first kappa shape index (κ1) is 14.6. The van der Waals surface area contributed by atoms with Gasteiger partial charge in [0.2, 0.25) is 12.3 Å². The summed E-state index contributed by atoms with van der Waals surface area (Å²) < 4.78 is 13.2. The zero-order valence-electron chi connectivity index (χ0n) is 12.2. The van der Waals surface area contributed by atoms with Crippen LogP contribution in [0.2, 0.25) is 0 Å². The predicted molar refractivity (Wildman–Crippen MR) is 87.2 cm³/mol. The molecule has 110 valence electrons. The van der Waals surface area contributed by atoms with Crippen LogP contribution in [0.5, 0.6) is 0 Å². The van der Waals surface area contributed by atoms with Crippen LogP contribution in [-0.4, -0.2) is 16.2 Å². The van der Waals surface area contributed by atoms with Gasteiger partial charge in [0.25, 0.3) is 0 Å². The minimum absolute atomic E-state index is 0.0358. The van der Waals surface area contributed by atoms with Crippen molar-refractivity contribution in [3.05, 3.63) is 72.6 Å². The Bertz CT molecular complexity index is 856.